The molecule has 1 heterocycles. The summed E-state index contributed by atoms with van der Waals surface area (Å²) in [6, 6.07) is 6.54. The molecule has 0 unspecified atom stereocenters. The van der Waals surface area contributed by atoms with E-state index in [9.17, 15) is 4.39 Å². The molecule has 0 spiro atoms. The number of aliphatic imine (C=N–C) groups is 1. The van der Waals surface area contributed by atoms with Crippen molar-refractivity contribution in [3.8, 4) is 0 Å². The highest BCUT2D eigenvalue weighted by Crippen LogP contribution is 2.12. The number of guanidine groups is 1. The molecule has 23 heavy (non-hydrogen) atoms. The first-order valence-corrected chi connectivity index (χ1v) is 8.05. The number of nitrogens with one attached hydrogen (secondary N) is 1. The standard InChI is InChI=1S/C16H21FN4S.HI/c1-4-18-16(20-10-15-19-9-12(2)22-15)21(3)11-13-5-7-14(17)8-6-13;/h5-9H,4,10-11H2,1-3H3,(H,18,20);1H. The summed E-state index contributed by atoms with van der Waals surface area (Å²) in [6.07, 6.45) is 1.87. The summed E-state index contributed by atoms with van der Waals surface area (Å²) < 4.78 is 13.0. The number of rotatable bonds is 5. The van der Waals surface area contributed by atoms with Gasteiger partial charge in [0.15, 0.2) is 5.96 Å². The average molecular weight is 448 g/mol. The molecule has 126 valence electrons. The molecular weight excluding hydrogens is 426 g/mol. The normalized spacial score (nSPS) is 11.0. The zero-order chi connectivity index (χ0) is 15.9. The SMILES string of the molecule is CCNC(=NCc1ncc(C)s1)N(C)Cc1ccc(F)cc1.I. The van der Waals surface area contributed by atoms with Gasteiger partial charge in [0.1, 0.15) is 10.8 Å². The van der Waals surface area contributed by atoms with E-state index in [0.717, 1.165) is 23.1 Å². The molecular formula is C16H22FIN4S. The fourth-order valence-corrected chi connectivity index (χ4v) is 2.74. The molecule has 0 saturated carbocycles. The number of hydrogen-bond donors (Lipinski definition) is 1. The van der Waals surface area contributed by atoms with Crippen LogP contribution in [0, 0.1) is 12.7 Å². The lowest BCUT2D eigenvalue weighted by atomic mass is 10.2. The highest BCUT2D eigenvalue weighted by atomic mass is 127. The van der Waals surface area contributed by atoms with Crippen molar-refractivity contribution < 1.29 is 4.39 Å². The summed E-state index contributed by atoms with van der Waals surface area (Å²) in [7, 11) is 1.97. The maximum Gasteiger partial charge on any atom is 0.194 e. The van der Waals surface area contributed by atoms with Gasteiger partial charge in [-0.15, -0.1) is 35.3 Å². The van der Waals surface area contributed by atoms with Crippen LogP contribution in [0.15, 0.2) is 35.5 Å². The third-order valence-electron chi connectivity index (χ3n) is 3.06. The van der Waals surface area contributed by atoms with E-state index in [1.54, 1.807) is 23.5 Å². The zero-order valence-electron chi connectivity index (χ0n) is 13.5. The van der Waals surface area contributed by atoms with Crippen molar-refractivity contribution >= 4 is 41.3 Å². The molecule has 0 radical (unpaired) electrons. The van der Waals surface area contributed by atoms with E-state index < -0.39 is 0 Å². The third kappa shape index (κ3) is 6.42. The van der Waals surface area contributed by atoms with E-state index >= 15 is 0 Å². The van der Waals surface area contributed by atoms with Gasteiger partial charge >= 0.3 is 0 Å². The van der Waals surface area contributed by atoms with Crippen LogP contribution in [0.2, 0.25) is 0 Å². The summed E-state index contributed by atoms with van der Waals surface area (Å²) in [5.74, 6) is 0.603. The highest BCUT2D eigenvalue weighted by Gasteiger charge is 2.07. The second-order valence-corrected chi connectivity index (χ2v) is 6.34. The predicted octanol–water partition coefficient (Wildman–Crippen LogP) is 3.81. The maximum absolute atomic E-state index is 13.0. The average Bonchev–Trinajstić information content (AvgIpc) is 2.91. The molecule has 0 saturated heterocycles. The molecule has 2 aromatic rings. The number of benzene rings is 1. The molecule has 4 nitrogen and oxygen atoms in total. The summed E-state index contributed by atoms with van der Waals surface area (Å²) in [5.41, 5.74) is 1.04. The Balaban J connectivity index is 0.00000264. The Kier molecular flexibility index (Phi) is 8.46. The van der Waals surface area contributed by atoms with Crippen LogP contribution < -0.4 is 5.32 Å². The van der Waals surface area contributed by atoms with E-state index in [1.165, 1.54) is 17.0 Å². The van der Waals surface area contributed by atoms with Gasteiger partial charge in [-0.3, -0.25) is 0 Å². The van der Waals surface area contributed by atoms with E-state index in [4.69, 9.17) is 0 Å². The Bertz CT molecular complexity index is 627. The summed E-state index contributed by atoms with van der Waals surface area (Å²) >= 11 is 1.66. The first-order valence-electron chi connectivity index (χ1n) is 7.23. The van der Waals surface area contributed by atoms with E-state index in [0.29, 0.717) is 13.1 Å². The monoisotopic (exact) mass is 448 g/mol. The van der Waals surface area contributed by atoms with Crippen LogP contribution in [0.5, 0.6) is 0 Å². The molecule has 0 atom stereocenters. The number of hydrogen-bond acceptors (Lipinski definition) is 3. The molecule has 1 aromatic heterocycles. The number of aryl methyl sites for hydroxylation is 1. The van der Waals surface area contributed by atoms with Crippen molar-refractivity contribution in [1.82, 2.24) is 15.2 Å². The first-order chi connectivity index (χ1) is 10.6. The molecule has 1 N–H and O–H groups in total. The largest absolute Gasteiger partial charge is 0.357 e. The van der Waals surface area contributed by atoms with Crippen molar-refractivity contribution in [1.29, 1.82) is 0 Å². The van der Waals surface area contributed by atoms with Gasteiger partial charge in [0, 0.05) is 31.2 Å². The van der Waals surface area contributed by atoms with Crippen molar-refractivity contribution in [2.45, 2.75) is 26.9 Å². The fraction of sp³-hybridized carbons (Fsp3) is 0.375. The minimum absolute atomic E-state index is 0. The van der Waals surface area contributed by atoms with Gasteiger partial charge in [0.05, 0.1) is 6.54 Å². The zero-order valence-corrected chi connectivity index (χ0v) is 16.7. The smallest absolute Gasteiger partial charge is 0.194 e. The predicted molar refractivity (Wildman–Crippen MR) is 105 cm³/mol. The second kappa shape index (κ2) is 9.82. The molecule has 0 bridgehead atoms. The van der Waals surface area contributed by atoms with Crippen LogP contribution in [-0.2, 0) is 13.1 Å². The van der Waals surface area contributed by atoms with Crippen LogP contribution in [0.25, 0.3) is 0 Å². The lowest BCUT2D eigenvalue weighted by Crippen LogP contribution is -2.38. The summed E-state index contributed by atoms with van der Waals surface area (Å²) in [5, 5.41) is 4.27. The van der Waals surface area contributed by atoms with Gasteiger partial charge in [-0.05, 0) is 31.5 Å². The topological polar surface area (TPSA) is 40.5 Å². The number of nitrogens with zero attached hydrogens (tertiary/aromatic N) is 3. The van der Waals surface area contributed by atoms with Crippen molar-refractivity contribution in [2.24, 2.45) is 4.99 Å². The Morgan fingerprint density at radius 1 is 1.35 bits per heavy atom. The van der Waals surface area contributed by atoms with Crippen molar-refractivity contribution in [3.05, 3.63) is 51.7 Å². The molecule has 0 amide bonds. The molecule has 0 fully saturated rings. The van der Waals surface area contributed by atoms with E-state index in [1.807, 2.05) is 32.0 Å². The van der Waals surface area contributed by atoms with Gasteiger partial charge in [-0.1, -0.05) is 12.1 Å². The van der Waals surface area contributed by atoms with Gasteiger partial charge in [0.2, 0.25) is 0 Å². The minimum atomic E-state index is -0.217. The Morgan fingerprint density at radius 2 is 2.04 bits per heavy atom. The van der Waals surface area contributed by atoms with E-state index in [-0.39, 0.29) is 29.8 Å². The third-order valence-corrected chi connectivity index (χ3v) is 3.96. The molecule has 0 aliphatic heterocycles. The number of halogens is 2. The quantitative estimate of drug-likeness (QED) is 0.430. The van der Waals surface area contributed by atoms with Crippen LogP contribution in [-0.4, -0.2) is 29.4 Å². The van der Waals surface area contributed by atoms with Gasteiger partial charge in [0.25, 0.3) is 0 Å². The lowest BCUT2D eigenvalue weighted by molar-refractivity contribution is 0.476. The Hall–Kier alpha value is -1.22. The first kappa shape index (κ1) is 19.8. The van der Waals surface area contributed by atoms with E-state index in [2.05, 4.69) is 15.3 Å². The lowest BCUT2D eigenvalue weighted by Gasteiger charge is -2.22. The Labute approximate surface area is 157 Å². The van der Waals surface area contributed by atoms with Crippen molar-refractivity contribution in [2.75, 3.05) is 13.6 Å². The highest BCUT2D eigenvalue weighted by molar-refractivity contribution is 14.0. The summed E-state index contributed by atoms with van der Waals surface area (Å²) in [4.78, 5) is 12.2. The van der Waals surface area contributed by atoms with Gasteiger partial charge in [-0.2, -0.15) is 0 Å². The summed E-state index contributed by atoms with van der Waals surface area (Å²) in [6.45, 7) is 6.10. The molecule has 1 aromatic carbocycles. The molecule has 0 aliphatic carbocycles. The minimum Gasteiger partial charge on any atom is -0.357 e. The van der Waals surface area contributed by atoms with Gasteiger partial charge in [-0.25, -0.2) is 14.4 Å². The molecule has 2 rings (SSSR count). The molecule has 0 aliphatic rings. The van der Waals surface area contributed by atoms with Crippen LogP contribution in [0.4, 0.5) is 4.39 Å². The second-order valence-electron chi connectivity index (χ2n) is 5.02. The van der Waals surface area contributed by atoms with Crippen LogP contribution in [0.3, 0.4) is 0 Å². The Morgan fingerprint density at radius 3 is 2.61 bits per heavy atom. The maximum atomic E-state index is 13.0. The van der Waals surface area contributed by atoms with Gasteiger partial charge < -0.3 is 10.2 Å². The number of thiazole rings is 1. The number of aromatic nitrogens is 1. The van der Waals surface area contributed by atoms with Crippen molar-refractivity contribution in [3.63, 3.8) is 0 Å². The van der Waals surface area contributed by atoms with Crippen LogP contribution >= 0.6 is 35.3 Å². The fourth-order valence-electron chi connectivity index (χ4n) is 2.03. The van der Waals surface area contributed by atoms with Crippen LogP contribution in [0.1, 0.15) is 22.4 Å². The molecule has 7 heteroatoms.